The fourth-order valence-electron chi connectivity index (χ4n) is 3.15. The Morgan fingerprint density at radius 3 is 2.84 bits per heavy atom. The minimum atomic E-state index is -0.483. The third-order valence-electron chi connectivity index (χ3n) is 4.62. The molecule has 31 heavy (non-hydrogen) atoms. The summed E-state index contributed by atoms with van der Waals surface area (Å²) in [6, 6.07) is 16.4. The van der Waals surface area contributed by atoms with Crippen LogP contribution in [-0.4, -0.2) is 30.6 Å². The first-order valence-corrected chi connectivity index (χ1v) is 9.22. The number of imidazole rings is 1. The zero-order valence-electron chi connectivity index (χ0n) is 15.9. The van der Waals surface area contributed by atoms with E-state index < -0.39 is 10.8 Å². The van der Waals surface area contributed by atoms with Crippen molar-refractivity contribution in [2.45, 2.75) is 0 Å². The van der Waals surface area contributed by atoms with Crippen molar-refractivity contribution in [2.24, 2.45) is 0 Å². The lowest BCUT2D eigenvalue weighted by Gasteiger charge is -2.03. The molecule has 5 rings (SSSR count). The number of furan rings is 1. The Morgan fingerprint density at radius 1 is 1.13 bits per heavy atom. The largest absolute Gasteiger partial charge is 0.461 e. The van der Waals surface area contributed by atoms with E-state index in [2.05, 4.69) is 20.4 Å². The van der Waals surface area contributed by atoms with Crippen molar-refractivity contribution in [2.75, 3.05) is 5.32 Å². The number of carbonyl (C=O) groups excluding carboxylic acids is 1. The van der Waals surface area contributed by atoms with Crippen molar-refractivity contribution >= 4 is 28.3 Å². The number of amides is 1. The van der Waals surface area contributed by atoms with Gasteiger partial charge in [0.15, 0.2) is 17.3 Å². The average Bonchev–Trinajstić information content (AvgIpc) is 3.53. The highest BCUT2D eigenvalue weighted by Gasteiger charge is 2.14. The molecule has 0 radical (unpaired) electrons. The summed E-state index contributed by atoms with van der Waals surface area (Å²) in [5.74, 6) is 0.807. The number of rotatable bonds is 5. The minimum absolute atomic E-state index is 0.0548. The van der Waals surface area contributed by atoms with Gasteiger partial charge in [0.25, 0.3) is 11.6 Å². The van der Waals surface area contributed by atoms with Crippen LogP contribution in [0.1, 0.15) is 10.5 Å². The second-order valence-corrected chi connectivity index (χ2v) is 6.67. The molecule has 3 aromatic heterocycles. The number of nitrogens with one attached hydrogen (secondary N) is 2. The van der Waals surface area contributed by atoms with Crippen LogP contribution in [0, 0.1) is 10.1 Å². The molecule has 0 fully saturated rings. The molecule has 0 bridgehead atoms. The lowest BCUT2D eigenvalue weighted by Crippen LogP contribution is -2.13. The summed E-state index contributed by atoms with van der Waals surface area (Å²) in [5.41, 5.74) is 2.65. The lowest BCUT2D eigenvalue weighted by atomic mass is 10.2. The van der Waals surface area contributed by atoms with Crippen molar-refractivity contribution in [3.63, 3.8) is 0 Å². The van der Waals surface area contributed by atoms with E-state index in [1.165, 1.54) is 22.9 Å². The Kier molecular flexibility index (Phi) is 4.29. The first-order valence-electron chi connectivity index (χ1n) is 9.22. The maximum Gasteiger partial charge on any atom is 0.276 e. The van der Waals surface area contributed by atoms with E-state index in [0.29, 0.717) is 23.0 Å². The molecule has 0 atom stereocenters. The summed E-state index contributed by atoms with van der Waals surface area (Å²) in [4.78, 5) is 30.7. The smallest absolute Gasteiger partial charge is 0.276 e. The number of hydrogen-bond acceptors (Lipinski definition) is 6. The van der Waals surface area contributed by atoms with Gasteiger partial charge in [0.05, 0.1) is 27.9 Å². The van der Waals surface area contributed by atoms with Gasteiger partial charge >= 0.3 is 0 Å². The number of H-pyrrole nitrogens is 1. The summed E-state index contributed by atoms with van der Waals surface area (Å²) < 4.78 is 6.76. The second-order valence-electron chi connectivity index (χ2n) is 6.67. The summed E-state index contributed by atoms with van der Waals surface area (Å²) in [6.07, 6.45) is 3.14. The molecule has 10 heteroatoms. The van der Waals surface area contributed by atoms with E-state index in [9.17, 15) is 14.9 Å². The number of nitrogens with zero attached hydrogens (tertiary/aromatic N) is 4. The van der Waals surface area contributed by atoms with E-state index in [-0.39, 0.29) is 11.4 Å². The van der Waals surface area contributed by atoms with Crippen molar-refractivity contribution in [3.8, 4) is 17.3 Å². The zero-order valence-corrected chi connectivity index (χ0v) is 15.9. The van der Waals surface area contributed by atoms with Crippen LogP contribution < -0.4 is 5.32 Å². The van der Waals surface area contributed by atoms with Crippen molar-refractivity contribution < 1.29 is 14.1 Å². The number of benzene rings is 2. The first-order chi connectivity index (χ1) is 15.1. The van der Waals surface area contributed by atoms with Crippen LogP contribution in [0.15, 0.2) is 77.5 Å². The molecule has 5 aromatic rings. The summed E-state index contributed by atoms with van der Waals surface area (Å²) in [5, 5.41) is 18.0. The lowest BCUT2D eigenvalue weighted by molar-refractivity contribution is -0.384. The van der Waals surface area contributed by atoms with Crippen LogP contribution >= 0.6 is 0 Å². The quantitative estimate of drug-likeness (QED) is 0.328. The number of nitro benzene ring substituents is 1. The standard InChI is InChI=1S/C21H14N6O4/c28-21(17-8-9-26(25-17)14-3-1-4-15(12-14)27(29)30)22-13-6-7-16-18(11-13)24-20(23-16)19-5-2-10-31-19/h1-12H,(H,22,28)(H,23,24). The summed E-state index contributed by atoms with van der Waals surface area (Å²) in [6.45, 7) is 0. The Morgan fingerprint density at radius 2 is 2.03 bits per heavy atom. The molecule has 2 N–H and O–H groups in total. The van der Waals surface area contributed by atoms with Gasteiger partial charge in [-0.25, -0.2) is 9.67 Å². The monoisotopic (exact) mass is 414 g/mol. The Balaban J connectivity index is 1.36. The second kappa shape index (κ2) is 7.26. The van der Waals surface area contributed by atoms with E-state index in [4.69, 9.17) is 4.42 Å². The molecular formula is C21H14N6O4. The maximum absolute atomic E-state index is 12.6. The Labute approximate surface area is 174 Å². The highest BCUT2D eigenvalue weighted by atomic mass is 16.6. The molecule has 0 spiro atoms. The topological polar surface area (TPSA) is 132 Å². The van der Waals surface area contributed by atoms with Crippen LogP contribution in [0.25, 0.3) is 28.3 Å². The van der Waals surface area contributed by atoms with Crippen molar-refractivity contribution in [1.29, 1.82) is 0 Å². The molecule has 3 heterocycles. The van der Waals surface area contributed by atoms with Crippen LogP contribution in [0.4, 0.5) is 11.4 Å². The summed E-state index contributed by atoms with van der Waals surface area (Å²) in [7, 11) is 0. The van der Waals surface area contributed by atoms with Crippen LogP contribution in [-0.2, 0) is 0 Å². The van der Waals surface area contributed by atoms with Gasteiger partial charge in [0.2, 0.25) is 0 Å². The maximum atomic E-state index is 12.6. The fraction of sp³-hybridized carbons (Fsp3) is 0. The van der Waals surface area contributed by atoms with Crippen LogP contribution in [0.2, 0.25) is 0 Å². The van der Waals surface area contributed by atoms with Gasteiger partial charge < -0.3 is 14.7 Å². The molecule has 10 nitrogen and oxygen atoms in total. The van der Waals surface area contributed by atoms with E-state index in [1.54, 1.807) is 54.9 Å². The third kappa shape index (κ3) is 3.53. The zero-order chi connectivity index (χ0) is 21.4. The molecular weight excluding hydrogens is 400 g/mol. The number of aromatic nitrogens is 4. The normalized spacial score (nSPS) is 11.0. The summed E-state index contributed by atoms with van der Waals surface area (Å²) >= 11 is 0. The molecule has 0 aliphatic rings. The Hall–Kier alpha value is -4.73. The molecule has 0 saturated carbocycles. The molecule has 0 aliphatic heterocycles. The number of hydrogen-bond donors (Lipinski definition) is 2. The van der Waals surface area contributed by atoms with E-state index in [0.717, 1.165) is 11.0 Å². The minimum Gasteiger partial charge on any atom is -0.461 e. The van der Waals surface area contributed by atoms with Gasteiger partial charge in [0, 0.05) is 24.0 Å². The van der Waals surface area contributed by atoms with Crippen LogP contribution in [0.5, 0.6) is 0 Å². The van der Waals surface area contributed by atoms with Gasteiger partial charge in [0.1, 0.15) is 0 Å². The molecule has 0 aliphatic carbocycles. The van der Waals surface area contributed by atoms with Gasteiger partial charge in [-0.05, 0) is 42.5 Å². The van der Waals surface area contributed by atoms with Crippen molar-refractivity contribution in [1.82, 2.24) is 19.7 Å². The molecule has 0 saturated heterocycles. The van der Waals surface area contributed by atoms with Crippen LogP contribution in [0.3, 0.4) is 0 Å². The molecule has 1 amide bonds. The molecule has 152 valence electrons. The fourth-order valence-corrected chi connectivity index (χ4v) is 3.15. The number of nitro groups is 1. The molecule has 2 aromatic carbocycles. The van der Waals surface area contributed by atoms with Gasteiger partial charge in [-0.15, -0.1) is 0 Å². The predicted octanol–water partition coefficient (Wildman–Crippen LogP) is 4.17. The number of aromatic amines is 1. The predicted molar refractivity (Wildman–Crippen MR) is 112 cm³/mol. The number of non-ortho nitro benzene ring substituents is 1. The van der Waals surface area contributed by atoms with Crippen molar-refractivity contribution in [3.05, 3.63) is 88.9 Å². The number of fused-ring (bicyclic) bond motifs is 1. The number of carbonyl (C=O) groups is 1. The third-order valence-corrected chi connectivity index (χ3v) is 4.62. The number of anilines is 1. The molecule has 0 unspecified atom stereocenters. The van der Waals surface area contributed by atoms with Gasteiger partial charge in [-0.2, -0.15) is 5.10 Å². The van der Waals surface area contributed by atoms with E-state index in [1.807, 2.05) is 0 Å². The van der Waals surface area contributed by atoms with E-state index >= 15 is 0 Å². The average molecular weight is 414 g/mol. The highest BCUT2D eigenvalue weighted by Crippen LogP contribution is 2.23. The SMILES string of the molecule is O=C(Nc1ccc2nc(-c3ccco3)[nH]c2c1)c1ccn(-c2cccc([N+](=O)[O-])c2)n1. The Bertz CT molecular complexity index is 1420. The first kappa shape index (κ1) is 18.3. The highest BCUT2D eigenvalue weighted by molar-refractivity contribution is 6.03. The van der Waals surface area contributed by atoms with Gasteiger partial charge in [-0.3, -0.25) is 14.9 Å². The van der Waals surface area contributed by atoms with Gasteiger partial charge in [-0.1, -0.05) is 6.07 Å².